The van der Waals surface area contributed by atoms with E-state index in [1.807, 2.05) is 18.4 Å². The Labute approximate surface area is 117 Å². The van der Waals surface area contributed by atoms with Gasteiger partial charge in [-0.1, -0.05) is 11.6 Å². The standard InChI is InChI=1S/C13H17ClN2OS/c1-18-10-4-5-12(14)11(7-10)13(17)16-9-3-2-6-15-8-9/h4-5,7,9,15H,2-3,6,8H2,1H3,(H,16,17). The van der Waals surface area contributed by atoms with Crippen molar-refractivity contribution in [1.29, 1.82) is 0 Å². The Morgan fingerprint density at radius 3 is 3.06 bits per heavy atom. The number of carbonyl (C=O) groups excluding carboxylic acids is 1. The lowest BCUT2D eigenvalue weighted by Gasteiger charge is -2.24. The highest BCUT2D eigenvalue weighted by Gasteiger charge is 2.18. The number of rotatable bonds is 3. The van der Waals surface area contributed by atoms with E-state index in [4.69, 9.17) is 11.6 Å². The van der Waals surface area contributed by atoms with Crippen LogP contribution in [0.5, 0.6) is 0 Å². The van der Waals surface area contributed by atoms with Gasteiger partial charge in [0.05, 0.1) is 10.6 Å². The highest BCUT2D eigenvalue weighted by molar-refractivity contribution is 7.98. The van der Waals surface area contributed by atoms with Gasteiger partial charge in [0.2, 0.25) is 0 Å². The Morgan fingerprint density at radius 1 is 1.56 bits per heavy atom. The van der Waals surface area contributed by atoms with Crippen LogP contribution in [0, 0.1) is 0 Å². The maximum absolute atomic E-state index is 12.2. The predicted octanol–water partition coefficient (Wildman–Crippen LogP) is 2.54. The third kappa shape index (κ3) is 3.40. The van der Waals surface area contributed by atoms with Crippen molar-refractivity contribution in [2.45, 2.75) is 23.8 Å². The molecule has 1 heterocycles. The smallest absolute Gasteiger partial charge is 0.253 e. The molecule has 1 aromatic rings. The molecule has 2 N–H and O–H groups in total. The van der Waals surface area contributed by atoms with Crippen molar-refractivity contribution in [3.05, 3.63) is 28.8 Å². The van der Waals surface area contributed by atoms with Crippen molar-refractivity contribution in [2.75, 3.05) is 19.3 Å². The molecular weight excluding hydrogens is 268 g/mol. The Kier molecular flexibility index (Phi) is 4.92. The fourth-order valence-corrected chi connectivity index (χ4v) is 2.69. The van der Waals surface area contributed by atoms with Crippen LogP contribution in [0.15, 0.2) is 23.1 Å². The molecule has 1 atom stereocenters. The molecule has 0 bridgehead atoms. The molecule has 0 aliphatic carbocycles. The first-order chi connectivity index (χ1) is 8.70. The molecule has 5 heteroatoms. The summed E-state index contributed by atoms with van der Waals surface area (Å²) in [4.78, 5) is 13.2. The first-order valence-corrected chi connectivity index (χ1v) is 7.66. The molecule has 1 aromatic carbocycles. The molecule has 1 fully saturated rings. The minimum Gasteiger partial charge on any atom is -0.348 e. The van der Waals surface area contributed by atoms with E-state index in [0.29, 0.717) is 10.6 Å². The quantitative estimate of drug-likeness (QED) is 0.838. The summed E-state index contributed by atoms with van der Waals surface area (Å²) in [5, 5.41) is 6.82. The largest absolute Gasteiger partial charge is 0.348 e. The van der Waals surface area contributed by atoms with Gasteiger partial charge in [0.1, 0.15) is 0 Å². The second-order valence-corrected chi connectivity index (χ2v) is 5.65. The number of hydrogen-bond donors (Lipinski definition) is 2. The fourth-order valence-electron chi connectivity index (χ4n) is 2.04. The maximum Gasteiger partial charge on any atom is 0.253 e. The Bertz CT molecular complexity index is 433. The lowest BCUT2D eigenvalue weighted by atomic mass is 10.1. The summed E-state index contributed by atoms with van der Waals surface area (Å²) < 4.78 is 0. The number of carbonyl (C=O) groups is 1. The van der Waals surface area contributed by atoms with Gasteiger partial charge in [0, 0.05) is 17.5 Å². The molecule has 1 saturated heterocycles. The van der Waals surface area contributed by atoms with Gasteiger partial charge in [0.25, 0.3) is 5.91 Å². The fraction of sp³-hybridized carbons (Fsp3) is 0.462. The van der Waals surface area contributed by atoms with Crippen LogP contribution < -0.4 is 10.6 Å². The van der Waals surface area contributed by atoms with Crippen molar-refractivity contribution in [1.82, 2.24) is 10.6 Å². The zero-order valence-electron chi connectivity index (χ0n) is 10.3. The molecule has 0 spiro atoms. The molecular formula is C13H17ClN2OS. The van der Waals surface area contributed by atoms with E-state index < -0.39 is 0 Å². The second-order valence-electron chi connectivity index (χ2n) is 4.36. The lowest BCUT2D eigenvalue weighted by molar-refractivity contribution is 0.0930. The molecule has 98 valence electrons. The highest BCUT2D eigenvalue weighted by atomic mass is 35.5. The number of hydrogen-bond acceptors (Lipinski definition) is 3. The van der Waals surface area contributed by atoms with Gasteiger partial charge in [-0.2, -0.15) is 0 Å². The van der Waals surface area contributed by atoms with Gasteiger partial charge in [-0.3, -0.25) is 4.79 Å². The van der Waals surface area contributed by atoms with Crippen LogP contribution in [0.25, 0.3) is 0 Å². The molecule has 0 radical (unpaired) electrons. The topological polar surface area (TPSA) is 41.1 Å². The minimum absolute atomic E-state index is 0.0791. The van der Waals surface area contributed by atoms with Gasteiger partial charge in [-0.25, -0.2) is 0 Å². The van der Waals surface area contributed by atoms with Crippen LogP contribution in [-0.4, -0.2) is 31.3 Å². The average molecular weight is 285 g/mol. The average Bonchev–Trinajstić information content (AvgIpc) is 2.40. The van der Waals surface area contributed by atoms with E-state index in [1.54, 1.807) is 17.8 Å². The van der Waals surface area contributed by atoms with E-state index in [9.17, 15) is 4.79 Å². The molecule has 2 rings (SSSR count). The minimum atomic E-state index is -0.0791. The molecule has 3 nitrogen and oxygen atoms in total. The number of amides is 1. The van der Waals surface area contributed by atoms with E-state index in [1.165, 1.54) is 0 Å². The summed E-state index contributed by atoms with van der Waals surface area (Å²) in [5.41, 5.74) is 0.564. The zero-order valence-corrected chi connectivity index (χ0v) is 11.9. The number of halogens is 1. The van der Waals surface area contributed by atoms with Crippen molar-refractivity contribution in [3.8, 4) is 0 Å². The molecule has 1 unspecified atom stereocenters. The van der Waals surface area contributed by atoms with Gasteiger partial charge < -0.3 is 10.6 Å². The third-order valence-electron chi connectivity index (χ3n) is 3.05. The monoisotopic (exact) mass is 284 g/mol. The Morgan fingerprint density at radius 2 is 2.39 bits per heavy atom. The normalized spacial score (nSPS) is 19.6. The van der Waals surface area contributed by atoms with Crippen molar-refractivity contribution < 1.29 is 4.79 Å². The van der Waals surface area contributed by atoms with Crippen LogP contribution in [0.2, 0.25) is 5.02 Å². The number of thioether (sulfide) groups is 1. The molecule has 1 amide bonds. The zero-order chi connectivity index (χ0) is 13.0. The van der Waals surface area contributed by atoms with Crippen LogP contribution in [0.4, 0.5) is 0 Å². The van der Waals surface area contributed by atoms with E-state index in [-0.39, 0.29) is 11.9 Å². The van der Waals surface area contributed by atoms with Gasteiger partial charge in [-0.05, 0) is 43.8 Å². The summed E-state index contributed by atoms with van der Waals surface area (Å²) in [6.45, 7) is 1.88. The van der Waals surface area contributed by atoms with E-state index in [2.05, 4.69) is 10.6 Å². The highest BCUT2D eigenvalue weighted by Crippen LogP contribution is 2.23. The van der Waals surface area contributed by atoms with Crippen LogP contribution in [0.1, 0.15) is 23.2 Å². The van der Waals surface area contributed by atoms with Gasteiger partial charge >= 0.3 is 0 Å². The summed E-state index contributed by atoms with van der Waals surface area (Å²) in [5.74, 6) is -0.0791. The van der Waals surface area contributed by atoms with Crippen molar-refractivity contribution in [2.24, 2.45) is 0 Å². The van der Waals surface area contributed by atoms with Crippen molar-refractivity contribution in [3.63, 3.8) is 0 Å². The molecule has 18 heavy (non-hydrogen) atoms. The summed E-state index contributed by atoms with van der Waals surface area (Å²) in [7, 11) is 0. The van der Waals surface area contributed by atoms with E-state index in [0.717, 1.165) is 30.8 Å². The predicted molar refractivity (Wildman–Crippen MR) is 76.6 cm³/mol. The first kappa shape index (κ1) is 13.7. The number of benzene rings is 1. The maximum atomic E-state index is 12.2. The van der Waals surface area contributed by atoms with Gasteiger partial charge in [-0.15, -0.1) is 11.8 Å². The van der Waals surface area contributed by atoms with Gasteiger partial charge in [0.15, 0.2) is 0 Å². The number of nitrogens with one attached hydrogen (secondary N) is 2. The summed E-state index contributed by atoms with van der Waals surface area (Å²) in [6.07, 6.45) is 4.11. The van der Waals surface area contributed by atoms with E-state index >= 15 is 0 Å². The van der Waals surface area contributed by atoms with Crippen molar-refractivity contribution >= 4 is 29.3 Å². The van der Waals surface area contributed by atoms with Crippen LogP contribution in [0.3, 0.4) is 0 Å². The number of piperidine rings is 1. The Balaban J connectivity index is 2.07. The second kappa shape index (κ2) is 6.45. The Hall–Kier alpha value is -0.710. The molecule has 1 aliphatic heterocycles. The SMILES string of the molecule is CSc1ccc(Cl)c(C(=O)NC2CCCNC2)c1. The summed E-state index contributed by atoms with van der Waals surface area (Å²) in [6, 6.07) is 5.76. The molecule has 1 aliphatic rings. The summed E-state index contributed by atoms with van der Waals surface area (Å²) >= 11 is 7.68. The van der Waals surface area contributed by atoms with Crippen LogP contribution >= 0.6 is 23.4 Å². The first-order valence-electron chi connectivity index (χ1n) is 6.06. The molecule has 0 aromatic heterocycles. The lowest BCUT2D eigenvalue weighted by Crippen LogP contribution is -2.45. The molecule has 0 saturated carbocycles. The third-order valence-corrected chi connectivity index (χ3v) is 4.11. The van der Waals surface area contributed by atoms with Crippen LogP contribution in [-0.2, 0) is 0 Å².